The number of alkyl carbamates (subject to hydrolysis) is 1. The highest BCUT2D eigenvalue weighted by Gasteiger charge is 2.26. The van der Waals surface area contributed by atoms with Crippen LogP contribution in [-0.4, -0.2) is 35.7 Å². The van der Waals surface area contributed by atoms with Crippen LogP contribution in [0.3, 0.4) is 0 Å². The standard InChI is InChI=1S/C25H27NO6S/c1-25(2,3)32-24(29)26-20(12-13-33-4)23(28)30-17-10-11-18-19(16-8-6-5-7-9-16)15-22(27)31-21(18)14-17/h5-11,14-15,20H,12-13H2,1-4H3,(H,26,29). The number of hydrogen-bond acceptors (Lipinski definition) is 7. The van der Waals surface area contributed by atoms with Crippen LogP contribution in [0.5, 0.6) is 5.75 Å². The van der Waals surface area contributed by atoms with Crippen molar-refractivity contribution in [1.82, 2.24) is 5.32 Å². The number of amides is 1. The zero-order valence-electron chi connectivity index (χ0n) is 19.0. The molecule has 1 atom stereocenters. The Kier molecular flexibility index (Phi) is 7.81. The smallest absolute Gasteiger partial charge is 0.408 e. The Morgan fingerprint density at radius 3 is 2.48 bits per heavy atom. The van der Waals surface area contributed by atoms with Gasteiger partial charge in [-0.3, -0.25) is 0 Å². The molecule has 1 heterocycles. The molecule has 0 spiro atoms. The third-order valence-corrected chi connectivity index (χ3v) is 5.25. The molecule has 0 aliphatic carbocycles. The van der Waals surface area contributed by atoms with Crippen molar-refractivity contribution in [2.75, 3.05) is 12.0 Å². The molecule has 0 saturated heterocycles. The van der Waals surface area contributed by atoms with Crippen molar-refractivity contribution in [1.29, 1.82) is 0 Å². The van der Waals surface area contributed by atoms with Crippen LogP contribution in [0.4, 0.5) is 4.79 Å². The molecule has 0 bridgehead atoms. The van der Waals surface area contributed by atoms with Gasteiger partial charge in [0.05, 0.1) is 0 Å². The highest BCUT2D eigenvalue weighted by atomic mass is 32.2. The van der Waals surface area contributed by atoms with Gasteiger partial charge in [-0.25, -0.2) is 14.4 Å². The van der Waals surface area contributed by atoms with E-state index in [1.807, 2.05) is 36.6 Å². The molecule has 0 aliphatic rings. The van der Waals surface area contributed by atoms with Crippen molar-refractivity contribution in [3.8, 4) is 16.9 Å². The third kappa shape index (κ3) is 6.86. The normalized spacial score (nSPS) is 12.2. The number of nitrogens with one attached hydrogen (secondary N) is 1. The van der Waals surface area contributed by atoms with Gasteiger partial charge >= 0.3 is 17.7 Å². The lowest BCUT2D eigenvalue weighted by Gasteiger charge is -2.22. The van der Waals surface area contributed by atoms with E-state index < -0.39 is 29.3 Å². The molecule has 7 nitrogen and oxygen atoms in total. The molecular formula is C25H27NO6S. The van der Waals surface area contributed by atoms with Gasteiger partial charge in [-0.2, -0.15) is 11.8 Å². The maximum atomic E-state index is 12.8. The van der Waals surface area contributed by atoms with Gasteiger partial charge in [0.1, 0.15) is 23.0 Å². The molecule has 0 radical (unpaired) electrons. The van der Waals surface area contributed by atoms with Crippen LogP contribution >= 0.6 is 11.8 Å². The fraction of sp³-hybridized carbons (Fsp3) is 0.320. The van der Waals surface area contributed by atoms with Gasteiger partial charge in [-0.1, -0.05) is 30.3 Å². The van der Waals surface area contributed by atoms with Crippen LogP contribution in [0.25, 0.3) is 22.1 Å². The molecule has 1 amide bonds. The first-order chi connectivity index (χ1) is 15.7. The average molecular weight is 470 g/mol. The summed E-state index contributed by atoms with van der Waals surface area (Å²) in [7, 11) is 0. The SMILES string of the molecule is CSCCC(NC(=O)OC(C)(C)C)C(=O)Oc1ccc2c(-c3ccccc3)cc(=O)oc2c1. The van der Waals surface area contributed by atoms with Gasteiger partial charge in [-0.05, 0) is 62.5 Å². The summed E-state index contributed by atoms with van der Waals surface area (Å²) in [4.78, 5) is 37.1. The molecule has 2 aromatic carbocycles. The lowest BCUT2D eigenvalue weighted by molar-refractivity contribution is -0.136. The number of rotatable bonds is 7. The molecule has 33 heavy (non-hydrogen) atoms. The maximum Gasteiger partial charge on any atom is 0.408 e. The summed E-state index contributed by atoms with van der Waals surface area (Å²) in [6, 6.07) is 14.9. The van der Waals surface area contributed by atoms with Crippen molar-refractivity contribution in [3.63, 3.8) is 0 Å². The number of hydrogen-bond donors (Lipinski definition) is 1. The Bertz CT molecular complexity index is 1180. The minimum Gasteiger partial charge on any atom is -0.444 e. The van der Waals surface area contributed by atoms with Gasteiger partial charge in [-0.15, -0.1) is 0 Å². The van der Waals surface area contributed by atoms with E-state index in [9.17, 15) is 14.4 Å². The summed E-state index contributed by atoms with van der Waals surface area (Å²) < 4.78 is 16.1. The van der Waals surface area contributed by atoms with E-state index in [0.717, 1.165) is 11.1 Å². The molecule has 0 aliphatic heterocycles. The Hall–Kier alpha value is -3.26. The predicted octanol–water partition coefficient (Wildman–Crippen LogP) is 5.01. The van der Waals surface area contributed by atoms with Crippen molar-refractivity contribution in [2.45, 2.75) is 38.8 Å². The second-order valence-electron chi connectivity index (χ2n) is 8.40. The van der Waals surface area contributed by atoms with Crippen molar-refractivity contribution in [2.24, 2.45) is 0 Å². The van der Waals surface area contributed by atoms with Gasteiger partial charge in [0.15, 0.2) is 0 Å². The van der Waals surface area contributed by atoms with Crippen molar-refractivity contribution in [3.05, 3.63) is 65.0 Å². The van der Waals surface area contributed by atoms with Crippen molar-refractivity contribution >= 4 is 34.8 Å². The molecule has 3 aromatic rings. The van der Waals surface area contributed by atoms with Crippen LogP contribution in [0.2, 0.25) is 0 Å². The Balaban J connectivity index is 1.84. The van der Waals surface area contributed by atoms with Crippen LogP contribution in [-0.2, 0) is 9.53 Å². The van der Waals surface area contributed by atoms with E-state index in [0.29, 0.717) is 23.1 Å². The predicted molar refractivity (Wildman–Crippen MR) is 130 cm³/mol. The van der Waals surface area contributed by atoms with E-state index in [4.69, 9.17) is 13.9 Å². The van der Waals surface area contributed by atoms with Crippen LogP contribution in [0.15, 0.2) is 63.8 Å². The lowest BCUT2D eigenvalue weighted by Crippen LogP contribution is -2.45. The molecule has 0 saturated carbocycles. The van der Waals surface area contributed by atoms with Gasteiger partial charge in [0.25, 0.3) is 0 Å². The number of fused-ring (bicyclic) bond motifs is 1. The monoisotopic (exact) mass is 469 g/mol. The zero-order chi connectivity index (χ0) is 24.0. The summed E-state index contributed by atoms with van der Waals surface area (Å²) in [5, 5.41) is 3.30. The molecular weight excluding hydrogens is 442 g/mol. The number of esters is 1. The Labute approximate surface area is 196 Å². The minimum atomic E-state index is -0.884. The lowest BCUT2D eigenvalue weighted by atomic mass is 10.0. The number of benzene rings is 2. The summed E-state index contributed by atoms with van der Waals surface area (Å²) in [5.74, 6) is 0.222. The summed E-state index contributed by atoms with van der Waals surface area (Å²) in [6.45, 7) is 5.23. The van der Waals surface area contributed by atoms with E-state index in [2.05, 4.69) is 5.32 Å². The molecule has 0 fully saturated rings. The number of ether oxygens (including phenoxy) is 2. The fourth-order valence-electron chi connectivity index (χ4n) is 3.18. The second kappa shape index (κ2) is 10.6. The molecule has 1 N–H and O–H groups in total. The molecule has 3 rings (SSSR count). The summed E-state index contributed by atoms with van der Waals surface area (Å²) in [5.41, 5.74) is 0.703. The third-order valence-electron chi connectivity index (χ3n) is 4.61. The Morgan fingerprint density at radius 2 is 1.82 bits per heavy atom. The quantitative estimate of drug-likeness (QED) is 0.295. The Morgan fingerprint density at radius 1 is 1.09 bits per heavy atom. The minimum absolute atomic E-state index is 0.209. The highest BCUT2D eigenvalue weighted by molar-refractivity contribution is 7.98. The topological polar surface area (TPSA) is 94.8 Å². The van der Waals surface area contributed by atoms with Gasteiger partial charge in [0, 0.05) is 17.5 Å². The van der Waals surface area contributed by atoms with Gasteiger partial charge in [0.2, 0.25) is 0 Å². The molecule has 8 heteroatoms. The molecule has 1 unspecified atom stereocenters. The van der Waals surface area contributed by atoms with Crippen LogP contribution in [0.1, 0.15) is 27.2 Å². The van der Waals surface area contributed by atoms with E-state index in [1.54, 1.807) is 44.7 Å². The first kappa shape index (κ1) is 24.4. The van der Waals surface area contributed by atoms with Crippen molar-refractivity contribution < 1.29 is 23.5 Å². The average Bonchev–Trinajstić information content (AvgIpc) is 2.75. The summed E-state index contributed by atoms with van der Waals surface area (Å²) in [6.07, 6.45) is 1.59. The highest BCUT2D eigenvalue weighted by Crippen LogP contribution is 2.29. The first-order valence-corrected chi connectivity index (χ1v) is 11.9. The zero-order valence-corrected chi connectivity index (χ0v) is 19.9. The second-order valence-corrected chi connectivity index (χ2v) is 9.39. The molecule has 1 aromatic heterocycles. The van der Waals surface area contributed by atoms with E-state index >= 15 is 0 Å². The van der Waals surface area contributed by atoms with Gasteiger partial charge < -0.3 is 19.2 Å². The number of carbonyl (C=O) groups excluding carboxylic acids is 2. The molecule has 174 valence electrons. The first-order valence-electron chi connectivity index (χ1n) is 10.5. The van der Waals surface area contributed by atoms with E-state index in [1.165, 1.54) is 12.1 Å². The van der Waals surface area contributed by atoms with E-state index in [-0.39, 0.29) is 5.75 Å². The number of carbonyl (C=O) groups is 2. The summed E-state index contributed by atoms with van der Waals surface area (Å²) >= 11 is 1.55. The fourth-order valence-corrected chi connectivity index (χ4v) is 3.66. The van der Waals surface area contributed by atoms with Crippen LogP contribution < -0.4 is 15.7 Å². The van der Waals surface area contributed by atoms with Crippen LogP contribution in [0, 0.1) is 0 Å². The number of thioether (sulfide) groups is 1. The largest absolute Gasteiger partial charge is 0.444 e. The maximum absolute atomic E-state index is 12.8.